The van der Waals surface area contributed by atoms with Crippen LogP contribution in [0.2, 0.25) is 0 Å². The zero-order chi connectivity index (χ0) is 13.5. The fraction of sp³-hybridized carbons (Fsp3) is 0.462. The van der Waals surface area contributed by atoms with Crippen LogP contribution in [0, 0.1) is 0 Å². The second-order valence-electron chi connectivity index (χ2n) is 3.81. The Balaban J connectivity index is 2.92. The Morgan fingerprint density at radius 3 is 2.50 bits per heavy atom. The first-order valence-corrected chi connectivity index (χ1v) is 5.79. The minimum absolute atomic E-state index is 0.00256. The van der Waals surface area contributed by atoms with Gasteiger partial charge in [0.25, 0.3) is 0 Å². The number of rotatable bonds is 7. The summed E-state index contributed by atoms with van der Waals surface area (Å²) in [4.78, 5) is 11.7. The minimum atomic E-state index is -0.00256. The van der Waals surface area contributed by atoms with Crippen molar-refractivity contribution >= 4 is 5.78 Å². The summed E-state index contributed by atoms with van der Waals surface area (Å²) in [5, 5.41) is 12.6. The second-order valence-corrected chi connectivity index (χ2v) is 3.81. The molecule has 0 aliphatic rings. The van der Waals surface area contributed by atoms with Gasteiger partial charge < -0.3 is 19.9 Å². The van der Waals surface area contributed by atoms with E-state index in [1.807, 2.05) is 6.92 Å². The summed E-state index contributed by atoms with van der Waals surface area (Å²) in [5.74, 6) is 0.716. The van der Waals surface area contributed by atoms with Crippen LogP contribution in [0.5, 0.6) is 17.2 Å². The maximum Gasteiger partial charge on any atom is 0.203 e. The Hall–Kier alpha value is -1.75. The molecule has 0 saturated carbocycles. The lowest BCUT2D eigenvalue weighted by Gasteiger charge is -2.13. The Morgan fingerprint density at radius 1 is 1.28 bits per heavy atom. The van der Waals surface area contributed by atoms with Gasteiger partial charge >= 0.3 is 0 Å². The van der Waals surface area contributed by atoms with Crippen LogP contribution in [0.3, 0.4) is 0 Å². The van der Waals surface area contributed by atoms with Crippen molar-refractivity contribution in [1.82, 2.24) is 5.32 Å². The van der Waals surface area contributed by atoms with Crippen molar-refractivity contribution in [3.63, 3.8) is 0 Å². The van der Waals surface area contributed by atoms with Crippen LogP contribution in [-0.4, -0.2) is 38.2 Å². The molecule has 1 aromatic rings. The van der Waals surface area contributed by atoms with Gasteiger partial charge in [0.05, 0.1) is 20.8 Å². The normalized spacial score (nSPS) is 10.2. The van der Waals surface area contributed by atoms with Gasteiger partial charge in [-0.3, -0.25) is 4.79 Å². The first-order chi connectivity index (χ1) is 8.63. The van der Waals surface area contributed by atoms with Gasteiger partial charge in [0.1, 0.15) is 0 Å². The molecule has 0 spiro atoms. The monoisotopic (exact) mass is 253 g/mol. The number of likely N-dealkylation sites (N-methyl/N-ethyl adjacent to an activating group) is 1. The summed E-state index contributed by atoms with van der Waals surface area (Å²) >= 11 is 0. The number of nitrogens with one attached hydrogen (secondary N) is 1. The van der Waals surface area contributed by atoms with Gasteiger partial charge in [-0.15, -0.1) is 0 Å². The Labute approximate surface area is 107 Å². The van der Waals surface area contributed by atoms with E-state index in [1.54, 1.807) is 6.07 Å². The molecule has 18 heavy (non-hydrogen) atoms. The minimum Gasteiger partial charge on any atom is -0.504 e. The topological polar surface area (TPSA) is 67.8 Å². The molecule has 0 heterocycles. The number of hydrogen-bond acceptors (Lipinski definition) is 5. The number of aromatic hydroxyl groups is 1. The molecule has 0 aromatic heterocycles. The predicted molar refractivity (Wildman–Crippen MR) is 68.5 cm³/mol. The summed E-state index contributed by atoms with van der Waals surface area (Å²) in [6, 6.07) is 3.16. The van der Waals surface area contributed by atoms with Crippen LogP contribution < -0.4 is 14.8 Å². The smallest absolute Gasteiger partial charge is 0.203 e. The number of ether oxygens (including phenoxy) is 2. The van der Waals surface area contributed by atoms with Crippen molar-refractivity contribution in [3.05, 3.63) is 17.7 Å². The van der Waals surface area contributed by atoms with E-state index in [9.17, 15) is 9.90 Å². The predicted octanol–water partition coefficient (Wildman–Crippen LogP) is 1.13. The molecule has 0 radical (unpaired) electrons. The van der Waals surface area contributed by atoms with Gasteiger partial charge in [0.2, 0.25) is 5.75 Å². The van der Waals surface area contributed by atoms with Crippen LogP contribution in [-0.2, 0) is 11.2 Å². The highest BCUT2D eigenvalue weighted by Gasteiger charge is 2.16. The van der Waals surface area contributed by atoms with Gasteiger partial charge in [-0.2, -0.15) is 0 Å². The van der Waals surface area contributed by atoms with Gasteiger partial charge in [-0.1, -0.05) is 13.0 Å². The Morgan fingerprint density at radius 2 is 1.94 bits per heavy atom. The van der Waals surface area contributed by atoms with Crippen molar-refractivity contribution < 1.29 is 19.4 Å². The number of hydrogen-bond donors (Lipinski definition) is 2. The summed E-state index contributed by atoms with van der Waals surface area (Å²) in [5.41, 5.74) is 0.704. The zero-order valence-electron chi connectivity index (χ0n) is 10.9. The van der Waals surface area contributed by atoms with Gasteiger partial charge in [0.15, 0.2) is 17.3 Å². The number of phenols is 1. The van der Waals surface area contributed by atoms with E-state index in [2.05, 4.69) is 5.32 Å². The maximum atomic E-state index is 11.7. The van der Waals surface area contributed by atoms with Crippen LogP contribution in [0.25, 0.3) is 0 Å². The van der Waals surface area contributed by atoms with E-state index >= 15 is 0 Å². The summed E-state index contributed by atoms with van der Waals surface area (Å²) in [6.07, 6.45) is 0.243. The number of carbonyl (C=O) groups excluding carboxylic acids is 1. The third-order valence-corrected chi connectivity index (χ3v) is 2.54. The third kappa shape index (κ3) is 3.37. The molecular weight excluding hydrogens is 234 g/mol. The molecular formula is C13H19NO4. The lowest BCUT2D eigenvalue weighted by atomic mass is 10.1. The standard InChI is InChI=1S/C13H19NO4/c1-4-14-8-10(15)7-9-5-6-11(16)13(18-3)12(9)17-2/h5-6,14,16H,4,7-8H2,1-3H3. The van der Waals surface area contributed by atoms with Crippen molar-refractivity contribution in [2.75, 3.05) is 27.3 Å². The molecule has 0 unspecified atom stereocenters. The molecule has 0 fully saturated rings. The van der Waals surface area contributed by atoms with E-state index in [1.165, 1.54) is 20.3 Å². The number of ketones is 1. The lowest BCUT2D eigenvalue weighted by molar-refractivity contribution is -0.117. The van der Waals surface area contributed by atoms with E-state index in [-0.39, 0.29) is 23.7 Å². The fourth-order valence-electron chi connectivity index (χ4n) is 1.69. The van der Waals surface area contributed by atoms with Crippen molar-refractivity contribution in [1.29, 1.82) is 0 Å². The van der Waals surface area contributed by atoms with E-state index < -0.39 is 0 Å². The molecule has 5 heteroatoms. The van der Waals surface area contributed by atoms with E-state index in [0.29, 0.717) is 17.9 Å². The van der Waals surface area contributed by atoms with Crippen molar-refractivity contribution in [3.8, 4) is 17.2 Å². The van der Waals surface area contributed by atoms with Crippen molar-refractivity contribution in [2.45, 2.75) is 13.3 Å². The fourth-order valence-corrected chi connectivity index (χ4v) is 1.69. The number of carbonyl (C=O) groups is 1. The molecule has 1 rings (SSSR count). The average molecular weight is 253 g/mol. The van der Waals surface area contributed by atoms with Crippen LogP contribution in [0.1, 0.15) is 12.5 Å². The molecule has 100 valence electrons. The maximum absolute atomic E-state index is 11.7. The number of Topliss-reactive ketones (excluding diaryl/α,β-unsaturated/α-hetero) is 1. The highest BCUT2D eigenvalue weighted by molar-refractivity contribution is 5.84. The van der Waals surface area contributed by atoms with Gasteiger partial charge in [-0.05, 0) is 12.6 Å². The van der Waals surface area contributed by atoms with Gasteiger partial charge in [-0.25, -0.2) is 0 Å². The van der Waals surface area contributed by atoms with Crippen LogP contribution in [0.4, 0.5) is 0 Å². The lowest BCUT2D eigenvalue weighted by Crippen LogP contribution is -2.23. The second kappa shape index (κ2) is 6.86. The summed E-state index contributed by atoms with van der Waals surface area (Å²) < 4.78 is 10.3. The zero-order valence-corrected chi connectivity index (χ0v) is 10.9. The molecule has 2 N–H and O–H groups in total. The first kappa shape index (κ1) is 14.3. The summed E-state index contributed by atoms with van der Waals surface area (Å²) in [6.45, 7) is 3.02. The van der Waals surface area contributed by atoms with E-state index in [4.69, 9.17) is 9.47 Å². The molecule has 0 bridgehead atoms. The molecule has 0 aliphatic carbocycles. The SMILES string of the molecule is CCNCC(=O)Cc1ccc(O)c(OC)c1OC. The quantitative estimate of drug-likeness (QED) is 0.762. The summed E-state index contributed by atoms with van der Waals surface area (Å²) in [7, 11) is 2.93. The Bertz CT molecular complexity index is 418. The van der Waals surface area contributed by atoms with Gasteiger partial charge in [0, 0.05) is 12.0 Å². The highest BCUT2D eigenvalue weighted by atomic mass is 16.5. The Kier molecular flexibility index (Phi) is 5.45. The van der Waals surface area contributed by atoms with E-state index in [0.717, 1.165) is 6.54 Å². The number of phenolic OH excluding ortho intramolecular Hbond substituents is 1. The number of methoxy groups -OCH3 is 2. The molecule has 0 aliphatic heterocycles. The van der Waals surface area contributed by atoms with Crippen molar-refractivity contribution in [2.24, 2.45) is 0 Å². The average Bonchev–Trinajstić information content (AvgIpc) is 2.37. The highest BCUT2D eigenvalue weighted by Crippen LogP contribution is 2.39. The number of benzene rings is 1. The molecule has 0 atom stereocenters. The largest absolute Gasteiger partial charge is 0.504 e. The van der Waals surface area contributed by atoms with Crippen LogP contribution in [0.15, 0.2) is 12.1 Å². The molecule has 0 saturated heterocycles. The molecule has 0 amide bonds. The van der Waals surface area contributed by atoms with Crippen LogP contribution >= 0.6 is 0 Å². The molecule has 1 aromatic carbocycles. The molecule has 5 nitrogen and oxygen atoms in total. The first-order valence-electron chi connectivity index (χ1n) is 5.79. The third-order valence-electron chi connectivity index (χ3n) is 2.54.